The van der Waals surface area contributed by atoms with Crippen molar-refractivity contribution in [3.05, 3.63) is 59.7 Å². The van der Waals surface area contributed by atoms with Crippen LogP contribution in [0, 0.1) is 6.92 Å². The van der Waals surface area contributed by atoms with E-state index in [0.29, 0.717) is 12.2 Å². The number of pyridine rings is 1. The molecule has 6 nitrogen and oxygen atoms in total. The molecule has 1 aliphatic heterocycles. The van der Waals surface area contributed by atoms with Gasteiger partial charge in [-0.3, -0.25) is 4.79 Å². The fourth-order valence-corrected chi connectivity index (χ4v) is 3.98. The van der Waals surface area contributed by atoms with Crippen molar-refractivity contribution < 1.29 is 9.53 Å². The standard InChI is InChI=1S/C25H30N4O2/c1-4-28-12-14-29(15-13-28)24-16-18(3)22-17-20(8-11-23(22)27-24)26-25(30)19-6-9-21(10-7-19)31-5-2/h6-11,16-17H,4-5,12-15H2,1-3H3,(H,26,30). The van der Waals surface area contributed by atoms with E-state index in [1.807, 2.05) is 37.3 Å². The first kappa shape index (κ1) is 21.1. The van der Waals surface area contributed by atoms with Gasteiger partial charge in [0.05, 0.1) is 12.1 Å². The van der Waals surface area contributed by atoms with E-state index in [-0.39, 0.29) is 5.91 Å². The number of amides is 1. The SMILES string of the molecule is CCOc1ccc(C(=O)Nc2ccc3nc(N4CCN(CC)CC4)cc(C)c3c2)cc1. The number of aryl methyl sites for hydroxylation is 1. The van der Waals surface area contributed by atoms with Crippen molar-refractivity contribution in [1.82, 2.24) is 9.88 Å². The minimum absolute atomic E-state index is 0.140. The third-order valence-corrected chi connectivity index (χ3v) is 5.83. The molecule has 1 saturated heterocycles. The van der Waals surface area contributed by atoms with Crippen molar-refractivity contribution >= 4 is 28.3 Å². The van der Waals surface area contributed by atoms with E-state index in [0.717, 1.165) is 66.4 Å². The molecular weight excluding hydrogens is 388 g/mol. The van der Waals surface area contributed by atoms with Gasteiger partial charge in [0.1, 0.15) is 11.6 Å². The highest BCUT2D eigenvalue weighted by Crippen LogP contribution is 2.26. The number of aromatic nitrogens is 1. The predicted molar refractivity (Wildman–Crippen MR) is 126 cm³/mol. The molecule has 1 N–H and O–H groups in total. The fraction of sp³-hybridized carbons (Fsp3) is 0.360. The number of nitrogens with zero attached hydrogens (tertiary/aromatic N) is 3. The summed E-state index contributed by atoms with van der Waals surface area (Å²) in [5.74, 6) is 1.66. The number of piperazine rings is 1. The van der Waals surface area contributed by atoms with E-state index in [4.69, 9.17) is 9.72 Å². The van der Waals surface area contributed by atoms with Gasteiger partial charge in [0, 0.05) is 42.8 Å². The minimum Gasteiger partial charge on any atom is -0.494 e. The third kappa shape index (κ3) is 4.80. The van der Waals surface area contributed by atoms with Crippen LogP contribution in [0.4, 0.5) is 11.5 Å². The summed E-state index contributed by atoms with van der Waals surface area (Å²) in [5, 5.41) is 4.05. The normalized spacial score (nSPS) is 14.6. The largest absolute Gasteiger partial charge is 0.494 e. The first-order valence-electron chi connectivity index (χ1n) is 11.0. The molecule has 0 aliphatic carbocycles. The zero-order valence-corrected chi connectivity index (χ0v) is 18.5. The van der Waals surface area contributed by atoms with Crippen molar-refractivity contribution in [3.8, 4) is 5.75 Å². The van der Waals surface area contributed by atoms with Gasteiger partial charge in [0.15, 0.2) is 0 Å². The summed E-state index contributed by atoms with van der Waals surface area (Å²) in [6, 6.07) is 15.2. The molecule has 162 valence electrons. The van der Waals surface area contributed by atoms with Gasteiger partial charge in [-0.15, -0.1) is 0 Å². The van der Waals surface area contributed by atoms with E-state index in [1.165, 1.54) is 0 Å². The van der Waals surface area contributed by atoms with Crippen LogP contribution in [0.3, 0.4) is 0 Å². The van der Waals surface area contributed by atoms with Gasteiger partial charge in [0.25, 0.3) is 5.91 Å². The van der Waals surface area contributed by atoms with E-state index >= 15 is 0 Å². The molecular formula is C25H30N4O2. The molecule has 6 heteroatoms. The summed E-state index contributed by atoms with van der Waals surface area (Å²) in [5.41, 5.74) is 3.47. The Balaban J connectivity index is 1.50. The molecule has 1 aliphatic rings. The lowest BCUT2D eigenvalue weighted by Gasteiger charge is -2.35. The second-order valence-electron chi connectivity index (χ2n) is 7.86. The van der Waals surface area contributed by atoms with E-state index < -0.39 is 0 Å². The van der Waals surface area contributed by atoms with Crippen LogP contribution in [0.2, 0.25) is 0 Å². The van der Waals surface area contributed by atoms with Gasteiger partial charge < -0.3 is 19.9 Å². The first-order valence-corrected chi connectivity index (χ1v) is 11.0. The van der Waals surface area contributed by atoms with Crippen molar-refractivity contribution in [1.29, 1.82) is 0 Å². The van der Waals surface area contributed by atoms with Crippen LogP contribution in [-0.2, 0) is 0 Å². The van der Waals surface area contributed by atoms with Gasteiger partial charge in [-0.2, -0.15) is 0 Å². The molecule has 2 aromatic carbocycles. The maximum Gasteiger partial charge on any atom is 0.255 e. The minimum atomic E-state index is -0.140. The van der Waals surface area contributed by atoms with Gasteiger partial charge in [-0.1, -0.05) is 6.92 Å². The Kier molecular flexibility index (Phi) is 6.37. The second kappa shape index (κ2) is 9.35. The third-order valence-electron chi connectivity index (χ3n) is 5.83. The Labute approximate surface area is 183 Å². The molecule has 1 amide bonds. The van der Waals surface area contributed by atoms with Crippen molar-refractivity contribution in [2.75, 3.05) is 49.5 Å². The van der Waals surface area contributed by atoms with E-state index in [1.54, 1.807) is 12.1 Å². The monoisotopic (exact) mass is 418 g/mol. The Morgan fingerprint density at radius 2 is 1.77 bits per heavy atom. The average molecular weight is 419 g/mol. The summed E-state index contributed by atoms with van der Waals surface area (Å²) in [4.78, 5) is 22.4. The number of anilines is 2. The number of ether oxygens (including phenoxy) is 1. The molecule has 31 heavy (non-hydrogen) atoms. The molecule has 4 rings (SSSR count). The lowest BCUT2D eigenvalue weighted by molar-refractivity contribution is 0.102. The smallest absolute Gasteiger partial charge is 0.255 e. The summed E-state index contributed by atoms with van der Waals surface area (Å²) < 4.78 is 5.44. The lowest BCUT2D eigenvalue weighted by atomic mass is 10.1. The fourth-order valence-electron chi connectivity index (χ4n) is 3.98. The van der Waals surface area contributed by atoms with Crippen LogP contribution in [0.25, 0.3) is 10.9 Å². The maximum atomic E-state index is 12.6. The number of benzene rings is 2. The van der Waals surface area contributed by atoms with Crippen molar-refractivity contribution in [2.24, 2.45) is 0 Å². The van der Waals surface area contributed by atoms with Gasteiger partial charge in [0.2, 0.25) is 0 Å². The number of carbonyl (C=O) groups excluding carboxylic acids is 1. The summed E-state index contributed by atoms with van der Waals surface area (Å²) in [6.45, 7) is 12.1. The molecule has 1 aromatic heterocycles. The first-order chi connectivity index (χ1) is 15.1. The van der Waals surface area contributed by atoms with Gasteiger partial charge in [-0.25, -0.2) is 4.98 Å². The zero-order chi connectivity index (χ0) is 21.8. The molecule has 0 spiro atoms. The van der Waals surface area contributed by atoms with Crippen LogP contribution < -0.4 is 15.0 Å². The number of hydrogen-bond donors (Lipinski definition) is 1. The maximum absolute atomic E-state index is 12.6. The van der Waals surface area contributed by atoms with Gasteiger partial charge in [-0.05, 0) is 74.5 Å². The van der Waals surface area contributed by atoms with Crippen molar-refractivity contribution in [3.63, 3.8) is 0 Å². The van der Waals surface area contributed by atoms with Crippen molar-refractivity contribution in [2.45, 2.75) is 20.8 Å². The van der Waals surface area contributed by atoms with Crippen LogP contribution >= 0.6 is 0 Å². The molecule has 3 aromatic rings. The summed E-state index contributed by atoms with van der Waals surface area (Å²) in [7, 11) is 0. The Bertz CT molecular complexity index is 1060. The zero-order valence-electron chi connectivity index (χ0n) is 18.5. The number of likely N-dealkylation sites (N-methyl/N-ethyl adjacent to an activating group) is 1. The number of carbonyl (C=O) groups is 1. The quantitative estimate of drug-likeness (QED) is 0.645. The molecule has 0 radical (unpaired) electrons. The Morgan fingerprint density at radius 1 is 1.03 bits per heavy atom. The van der Waals surface area contributed by atoms with Crippen LogP contribution in [0.5, 0.6) is 5.75 Å². The highest BCUT2D eigenvalue weighted by molar-refractivity contribution is 6.05. The highest BCUT2D eigenvalue weighted by atomic mass is 16.5. The average Bonchev–Trinajstić information content (AvgIpc) is 2.80. The Morgan fingerprint density at radius 3 is 2.45 bits per heavy atom. The lowest BCUT2D eigenvalue weighted by Crippen LogP contribution is -2.46. The van der Waals surface area contributed by atoms with Crippen LogP contribution in [0.1, 0.15) is 29.8 Å². The molecule has 0 saturated carbocycles. The number of rotatable bonds is 6. The number of nitrogens with one attached hydrogen (secondary N) is 1. The topological polar surface area (TPSA) is 57.7 Å². The molecule has 0 bridgehead atoms. The molecule has 0 unspecified atom stereocenters. The predicted octanol–water partition coefficient (Wildman–Crippen LogP) is 4.34. The second-order valence-corrected chi connectivity index (χ2v) is 7.86. The van der Waals surface area contributed by atoms with Crippen LogP contribution in [0.15, 0.2) is 48.5 Å². The van der Waals surface area contributed by atoms with E-state index in [9.17, 15) is 4.79 Å². The molecule has 0 atom stereocenters. The number of fused-ring (bicyclic) bond motifs is 1. The molecule has 2 heterocycles. The molecule has 1 fully saturated rings. The Hall–Kier alpha value is -3.12. The van der Waals surface area contributed by atoms with Gasteiger partial charge >= 0.3 is 0 Å². The highest BCUT2D eigenvalue weighted by Gasteiger charge is 2.18. The van der Waals surface area contributed by atoms with E-state index in [2.05, 4.69) is 35.0 Å². The summed E-state index contributed by atoms with van der Waals surface area (Å²) in [6.07, 6.45) is 0. The summed E-state index contributed by atoms with van der Waals surface area (Å²) >= 11 is 0. The number of hydrogen-bond acceptors (Lipinski definition) is 5. The van der Waals surface area contributed by atoms with Crippen LogP contribution in [-0.4, -0.2) is 55.1 Å².